The molecule has 0 spiro atoms. The largest absolute Gasteiger partial charge is 0.397 e. The molecule has 1 aliphatic heterocycles. The molecule has 3 N–H and O–H groups in total. The van der Waals surface area contributed by atoms with Crippen molar-refractivity contribution in [2.75, 3.05) is 13.1 Å². The molecule has 0 bridgehead atoms. The van der Waals surface area contributed by atoms with Gasteiger partial charge in [-0.05, 0) is 39.0 Å². The van der Waals surface area contributed by atoms with Gasteiger partial charge in [-0.25, -0.2) is 0 Å². The highest BCUT2D eigenvalue weighted by Crippen LogP contribution is 2.14. The zero-order valence-corrected chi connectivity index (χ0v) is 16.8. The summed E-state index contributed by atoms with van der Waals surface area (Å²) in [6.07, 6.45) is 10.9. The third-order valence-corrected chi connectivity index (χ3v) is 3.43. The molecular weight excluding hydrogens is 342 g/mol. The third kappa shape index (κ3) is 10.6. The van der Waals surface area contributed by atoms with E-state index in [4.69, 9.17) is 11.1 Å². The lowest BCUT2D eigenvalue weighted by Crippen LogP contribution is -2.36. The maximum absolute atomic E-state index is 10.1. The number of aliphatic imine (C=N–C) groups is 1. The molecule has 27 heavy (non-hydrogen) atoms. The Labute approximate surface area is 163 Å². The van der Waals surface area contributed by atoms with Gasteiger partial charge in [0.25, 0.3) is 5.70 Å². The summed E-state index contributed by atoms with van der Waals surface area (Å²) < 4.78 is 0. The first-order valence-electron chi connectivity index (χ1n) is 8.95. The molecule has 1 saturated heterocycles. The van der Waals surface area contributed by atoms with E-state index in [1.54, 1.807) is 19.1 Å². The Kier molecular flexibility index (Phi) is 16.1. The molecule has 0 amide bonds. The quantitative estimate of drug-likeness (QED) is 0.235. The topological polar surface area (TPSA) is 109 Å². The van der Waals surface area contributed by atoms with Crippen LogP contribution in [-0.4, -0.2) is 35.5 Å². The predicted molar refractivity (Wildman–Crippen MR) is 116 cm³/mol. The van der Waals surface area contributed by atoms with Gasteiger partial charge in [-0.2, -0.15) is 0 Å². The molecule has 0 radical (unpaired) electrons. The predicted octanol–water partition coefficient (Wildman–Crippen LogP) is 4.44. The standard InChI is InChI=1S/C11H18N4.C7H9NO2.C2H6/c1-3-9(12)10(14-2)11(13)15-7-5-4-6-8-15;1-3-5-6-7(4-2)8(9)10;1-2/h3,13H,1-2,4-8,12H2;3-6H,2H2,1H3;1-2H3/b10-9+,13-11?;5-3-,7-6+;. The fourth-order valence-corrected chi connectivity index (χ4v) is 2.07. The van der Waals surface area contributed by atoms with E-state index in [0.29, 0.717) is 17.2 Å². The van der Waals surface area contributed by atoms with E-state index in [2.05, 4.69) is 24.9 Å². The van der Waals surface area contributed by atoms with Crippen molar-refractivity contribution in [3.8, 4) is 0 Å². The fourth-order valence-electron chi connectivity index (χ4n) is 2.07. The molecular formula is C20H33N5O2. The van der Waals surface area contributed by atoms with Crippen LogP contribution in [0.1, 0.15) is 40.0 Å². The number of likely N-dealkylation sites (tertiary alicyclic amines) is 1. The van der Waals surface area contributed by atoms with E-state index in [9.17, 15) is 10.1 Å². The number of allylic oxidation sites excluding steroid dienone is 5. The molecule has 0 aromatic heterocycles. The van der Waals surface area contributed by atoms with Gasteiger partial charge >= 0.3 is 0 Å². The zero-order valence-electron chi connectivity index (χ0n) is 16.8. The molecule has 0 unspecified atom stereocenters. The molecule has 150 valence electrons. The van der Waals surface area contributed by atoms with Crippen LogP contribution >= 0.6 is 0 Å². The molecule has 7 heteroatoms. The van der Waals surface area contributed by atoms with Crippen LogP contribution < -0.4 is 5.73 Å². The number of nitrogens with two attached hydrogens (primary N) is 1. The SMILES string of the molecule is C=C/C(=C\C=C/C)[N+](=O)[O-].C=C/C(N)=C(\N=C)C(=N)N1CCCCC1.CC. The van der Waals surface area contributed by atoms with Crippen LogP contribution in [-0.2, 0) is 0 Å². The summed E-state index contributed by atoms with van der Waals surface area (Å²) in [5.41, 5.74) is 6.56. The average Bonchev–Trinajstić information content (AvgIpc) is 2.71. The molecule has 1 heterocycles. The van der Waals surface area contributed by atoms with Gasteiger partial charge in [0.2, 0.25) is 0 Å². The number of rotatable bonds is 6. The summed E-state index contributed by atoms with van der Waals surface area (Å²) in [7, 11) is 0. The van der Waals surface area contributed by atoms with Crippen LogP contribution in [0, 0.1) is 15.5 Å². The number of nitro groups is 1. The number of nitrogens with zero attached hydrogens (tertiary/aromatic N) is 3. The van der Waals surface area contributed by atoms with E-state index < -0.39 is 4.92 Å². The van der Waals surface area contributed by atoms with Crippen LogP contribution in [0.2, 0.25) is 0 Å². The zero-order chi connectivity index (χ0) is 21.2. The van der Waals surface area contributed by atoms with Crippen LogP contribution in [0.4, 0.5) is 0 Å². The maximum Gasteiger partial charge on any atom is 0.268 e. The lowest BCUT2D eigenvalue weighted by atomic mass is 10.1. The van der Waals surface area contributed by atoms with Crippen molar-refractivity contribution >= 4 is 12.6 Å². The third-order valence-electron chi connectivity index (χ3n) is 3.43. The van der Waals surface area contributed by atoms with Crippen molar-refractivity contribution in [2.24, 2.45) is 10.7 Å². The minimum absolute atomic E-state index is 0.0121. The van der Waals surface area contributed by atoms with Gasteiger partial charge in [0.1, 0.15) is 11.5 Å². The summed E-state index contributed by atoms with van der Waals surface area (Å²) >= 11 is 0. The highest BCUT2D eigenvalue weighted by Gasteiger charge is 2.17. The number of nitrogens with one attached hydrogen (secondary N) is 1. The number of amidine groups is 1. The van der Waals surface area contributed by atoms with Crippen LogP contribution in [0.5, 0.6) is 0 Å². The molecule has 0 aliphatic carbocycles. The van der Waals surface area contributed by atoms with Gasteiger partial charge < -0.3 is 10.6 Å². The molecule has 0 atom stereocenters. The van der Waals surface area contributed by atoms with Crippen molar-refractivity contribution in [1.82, 2.24) is 4.90 Å². The van der Waals surface area contributed by atoms with E-state index in [1.165, 1.54) is 24.6 Å². The Morgan fingerprint density at radius 3 is 2.15 bits per heavy atom. The Balaban J connectivity index is 0. The summed E-state index contributed by atoms with van der Waals surface area (Å²) in [5, 5.41) is 18.0. The highest BCUT2D eigenvalue weighted by atomic mass is 16.6. The molecule has 0 aromatic carbocycles. The molecule has 0 aromatic rings. The maximum atomic E-state index is 10.1. The number of piperidine rings is 1. The summed E-state index contributed by atoms with van der Waals surface area (Å²) in [6.45, 7) is 17.9. The summed E-state index contributed by atoms with van der Waals surface area (Å²) in [4.78, 5) is 15.4. The van der Waals surface area contributed by atoms with Gasteiger partial charge in [-0.3, -0.25) is 20.5 Å². The second-order valence-corrected chi connectivity index (χ2v) is 5.14. The summed E-state index contributed by atoms with van der Waals surface area (Å²) in [5.74, 6) is 0.363. The second-order valence-electron chi connectivity index (χ2n) is 5.14. The van der Waals surface area contributed by atoms with Crippen LogP contribution in [0.25, 0.3) is 0 Å². The highest BCUT2D eigenvalue weighted by molar-refractivity contribution is 5.97. The Morgan fingerprint density at radius 1 is 1.22 bits per heavy atom. The van der Waals surface area contributed by atoms with E-state index >= 15 is 0 Å². The minimum atomic E-state index is -0.479. The Morgan fingerprint density at radius 2 is 1.78 bits per heavy atom. The Bertz CT molecular complexity index is 597. The second kappa shape index (κ2) is 16.5. The normalized spacial score (nSPS) is 14.6. The minimum Gasteiger partial charge on any atom is -0.397 e. The van der Waals surface area contributed by atoms with Gasteiger partial charge in [0.05, 0.1) is 10.6 Å². The Hall–Kier alpha value is -2.96. The van der Waals surface area contributed by atoms with Gasteiger partial charge in [0.15, 0.2) is 0 Å². The van der Waals surface area contributed by atoms with E-state index in [0.717, 1.165) is 25.9 Å². The van der Waals surface area contributed by atoms with Crippen LogP contribution in [0.3, 0.4) is 0 Å². The van der Waals surface area contributed by atoms with E-state index in [1.807, 2.05) is 18.7 Å². The first kappa shape index (κ1) is 26.3. The molecule has 1 aliphatic rings. The van der Waals surface area contributed by atoms with Gasteiger partial charge in [0, 0.05) is 25.2 Å². The molecule has 1 rings (SSSR count). The first-order valence-corrected chi connectivity index (χ1v) is 8.95. The van der Waals surface area contributed by atoms with Crippen molar-refractivity contribution < 1.29 is 4.92 Å². The fraction of sp³-hybridized carbons (Fsp3) is 0.400. The summed E-state index contributed by atoms with van der Waals surface area (Å²) in [6, 6.07) is 0. The van der Waals surface area contributed by atoms with Crippen molar-refractivity contribution in [2.45, 2.75) is 40.0 Å². The molecule has 0 saturated carbocycles. The lowest BCUT2D eigenvalue weighted by molar-refractivity contribution is -0.418. The van der Waals surface area contributed by atoms with Crippen molar-refractivity contribution in [1.29, 1.82) is 5.41 Å². The van der Waals surface area contributed by atoms with E-state index in [-0.39, 0.29) is 5.70 Å². The van der Waals surface area contributed by atoms with Crippen molar-refractivity contribution in [3.63, 3.8) is 0 Å². The molecule has 1 fully saturated rings. The van der Waals surface area contributed by atoms with Gasteiger partial charge in [-0.15, -0.1) is 0 Å². The van der Waals surface area contributed by atoms with Crippen LogP contribution in [0.15, 0.2) is 65.6 Å². The number of hydrogen-bond acceptors (Lipinski definition) is 5. The lowest BCUT2D eigenvalue weighted by Gasteiger charge is -2.29. The van der Waals surface area contributed by atoms with Crippen molar-refractivity contribution in [3.05, 3.63) is 70.7 Å². The smallest absolute Gasteiger partial charge is 0.268 e. The monoisotopic (exact) mass is 375 g/mol. The number of hydrogen-bond donors (Lipinski definition) is 2. The molecule has 7 nitrogen and oxygen atoms in total. The van der Waals surface area contributed by atoms with Gasteiger partial charge in [-0.1, -0.05) is 39.2 Å². The average molecular weight is 376 g/mol. The first-order chi connectivity index (χ1) is 12.9.